The normalized spacial score (nSPS) is 23.0. The molecule has 0 amide bonds. The van der Waals surface area contributed by atoms with Gasteiger partial charge in [0.25, 0.3) is 0 Å². The first kappa shape index (κ1) is 13.8. The first-order valence-electron chi connectivity index (χ1n) is 5.99. The zero-order chi connectivity index (χ0) is 13.1. The van der Waals surface area contributed by atoms with E-state index in [0.29, 0.717) is 17.1 Å². The van der Waals surface area contributed by atoms with E-state index >= 15 is 0 Å². The maximum atomic E-state index is 5.63. The van der Waals surface area contributed by atoms with Crippen molar-refractivity contribution in [2.75, 3.05) is 12.4 Å². The van der Waals surface area contributed by atoms with Crippen LogP contribution in [0.3, 0.4) is 0 Å². The average molecular weight is 329 g/mol. The standard InChI is InChI=1S/C13H17BrN2OS/c1-17-10-4-2-8(6-10)16-9-3-5-11(13(15)18)12(14)7-9/h3,5,7-8,10,16H,2,4,6H2,1H3,(H2,15,18). The fourth-order valence-corrected chi connectivity index (χ4v) is 3.23. The van der Waals surface area contributed by atoms with Gasteiger partial charge < -0.3 is 15.8 Å². The molecule has 0 bridgehead atoms. The maximum Gasteiger partial charge on any atom is 0.105 e. The van der Waals surface area contributed by atoms with Gasteiger partial charge in [0.05, 0.1) is 6.10 Å². The molecule has 0 spiro atoms. The van der Waals surface area contributed by atoms with E-state index < -0.39 is 0 Å². The zero-order valence-electron chi connectivity index (χ0n) is 10.3. The first-order valence-corrected chi connectivity index (χ1v) is 7.19. The Balaban J connectivity index is 2.02. The van der Waals surface area contributed by atoms with Gasteiger partial charge in [0.2, 0.25) is 0 Å². The highest BCUT2D eigenvalue weighted by molar-refractivity contribution is 9.10. The summed E-state index contributed by atoms with van der Waals surface area (Å²) in [7, 11) is 1.78. The van der Waals surface area contributed by atoms with Crippen LogP contribution in [0.2, 0.25) is 0 Å². The van der Waals surface area contributed by atoms with Crippen LogP contribution < -0.4 is 11.1 Å². The molecule has 1 fully saturated rings. The molecule has 2 atom stereocenters. The van der Waals surface area contributed by atoms with E-state index in [1.807, 2.05) is 18.2 Å². The second-order valence-electron chi connectivity index (χ2n) is 4.57. The van der Waals surface area contributed by atoms with E-state index in [-0.39, 0.29) is 0 Å². The summed E-state index contributed by atoms with van der Waals surface area (Å²) >= 11 is 8.47. The summed E-state index contributed by atoms with van der Waals surface area (Å²) in [5, 5.41) is 3.52. The van der Waals surface area contributed by atoms with Gasteiger partial charge in [-0.1, -0.05) is 12.2 Å². The van der Waals surface area contributed by atoms with Crippen LogP contribution in [-0.4, -0.2) is 24.2 Å². The van der Waals surface area contributed by atoms with Crippen molar-refractivity contribution < 1.29 is 4.74 Å². The van der Waals surface area contributed by atoms with E-state index in [1.54, 1.807) is 7.11 Å². The minimum Gasteiger partial charge on any atom is -0.389 e. The lowest BCUT2D eigenvalue weighted by molar-refractivity contribution is 0.108. The number of nitrogens with one attached hydrogen (secondary N) is 1. The lowest BCUT2D eigenvalue weighted by atomic mass is 10.2. The van der Waals surface area contributed by atoms with E-state index in [0.717, 1.165) is 35.0 Å². The molecule has 98 valence electrons. The van der Waals surface area contributed by atoms with Crippen molar-refractivity contribution in [2.24, 2.45) is 5.73 Å². The van der Waals surface area contributed by atoms with Crippen molar-refractivity contribution in [3.8, 4) is 0 Å². The molecule has 1 aromatic rings. The van der Waals surface area contributed by atoms with Crippen molar-refractivity contribution in [3.05, 3.63) is 28.2 Å². The molecule has 1 aliphatic carbocycles. The van der Waals surface area contributed by atoms with Crippen LogP contribution in [0, 0.1) is 0 Å². The highest BCUT2D eigenvalue weighted by Crippen LogP contribution is 2.27. The zero-order valence-corrected chi connectivity index (χ0v) is 12.7. The number of methoxy groups -OCH3 is 1. The molecule has 3 nitrogen and oxygen atoms in total. The van der Waals surface area contributed by atoms with Gasteiger partial charge in [-0.15, -0.1) is 0 Å². The highest BCUT2D eigenvalue weighted by atomic mass is 79.9. The third kappa shape index (κ3) is 3.22. The molecule has 0 aliphatic heterocycles. The number of halogens is 1. The number of ether oxygens (including phenoxy) is 1. The van der Waals surface area contributed by atoms with Gasteiger partial charge in [-0.3, -0.25) is 0 Å². The Bertz CT molecular complexity index is 453. The monoisotopic (exact) mass is 328 g/mol. The minimum atomic E-state index is 0.391. The summed E-state index contributed by atoms with van der Waals surface area (Å²) < 4.78 is 6.30. The van der Waals surface area contributed by atoms with Gasteiger partial charge in [-0.2, -0.15) is 0 Å². The van der Waals surface area contributed by atoms with Gasteiger partial charge >= 0.3 is 0 Å². The van der Waals surface area contributed by atoms with Gasteiger partial charge in [-0.05, 0) is 53.4 Å². The number of nitrogens with two attached hydrogens (primary N) is 1. The van der Waals surface area contributed by atoms with Gasteiger partial charge in [0.1, 0.15) is 4.99 Å². The van der Waals surface area contributed by atoms with Crippen molar-refractivity contribution >= 4 is 38.8 Å². The van der Waals surface area contributed by atoms with E-state index in [1.165, 1.54) is 0 Å². The second-order valence-corrected chi connectivity index (χ2v) is 5.87. The Morgan fingerprint density at radius 3 is 2.83 bits per heavy atom. The quantitative estimate of drug-likeness (QED) is 0.834. The summed E-state index contributed by atoms with van der Waals surface area (Å²) in [5.41, 5.74) is 7.59. The predicted molar refractivity (Wildman–Crippen MR) is 82.1 cm³/mol. The summed E-state index contributed by atoms with van der Waals surface area (Å²) in [6, 6.07) is 6.46. The first-order chi connectivity index (χ1) is 8.60. The predicted octanol–water partition coefficient (Wildman–Crippen LogP) is 3.06. The summed E-state index contributed by atoms with van der Waals surface area (Å²) in [4.78, 5) is 0.411. The van der Waals surface area contributed by atoms with Crippen LogP contribution in [0.25, 0.3) is 0 Å². The topological polar surface area (TPSA) is 47.3 Å². The van der Waals surface area contributed by atoms with Crippen LogP contribution in [-0.2, 0) is 4.74 Å². The van der Waals surface area contributed by atoms with E-state index in [9.17, 15) is 0 Å². The molecule has 0 saturated heterocycles. The third-order valence-corrected chi connectivity index (χ3v) is 4.20. The largest absolute Gasteiger partial charge is 0.389 e. The SMILES string of the molecule is COC1CCC(Nc2ccc(C(N)=S)c(Br)c2)C1. The lowest BCUT2D eigenvalue weighted by Crippen LogP contribution is -2.17. The van der Waals surface area contributed by atoms with Gasteiger partial charge in [-0.25, -0.2) is 0 Å². The van der Waals surface area contributed by atoms with Gasteiger partial charge in [0, 0.05) is 28.9 Å². The number of thiocarbonyl (C=S) groups is 1. The lowest BCUT2D eigenvalue weighted by Gasteiger charge is -2.15. The molecule has 0 heterocycles. The maximum absolute atomic E-state index is 5.63. The summed E-state index contributed by atoms with van der Waals surface area (Å²) in [6.07, 6.45) is 3.72. The molecular formula is C13H17BrN2OS. The molecule has 18 heavy (non-hydrogen) atoms. The fraction of sp³-hybridized carbons (Fsp3) is 0.462. The van der Waals surface area contributed by atoms with Crippen LogP contribution in [0.5, 0.6) is 0 Å². The Labute approximate surface area is 121 Å². The molecule has 2 rings (SSSR count). The van der Waals surface area contributed by atoms with Crippen molar-refractivity contribution in [2.45, 2.75) is 31.4 Å². The molecular weight excluding hydrogens is 312 g/mol. The van der Waals surface area contributed by atoms with Crippen LogP contribution in [0.15, 0.2) is 22.7 Å². The molecule has 5 heteroatoms. The molecule has 2 unspecified atom stereocenters. The molecule has 1 saturated carbocycles. The Morgan fingerprint density at radius 2 is 2.28 bits per heavy atom. The summed E-state index contributed by atoms with van der Waals surface area (Å²) in [6.45, 7) is 0. The van der Waals surface area contributed by atoms with E-state index in [4.69, 9.17) is 22.7 Å². The number of hydrogen-bond donors (Lipinski definition) is 2. The van der Waals surface area contributed by atoms with Crippen LogP contribution in [0.1, 0.15) is 24.8 Å². The van der Waals surface area contributed by atoms with Crippen LogP contribution >= 0.6 is 28.1 Å². The smallest absolute Gasteiger partial charge is 0.105 e. The third-order valence-electron chi connectivity index (χ3n) is 3.32. The average Bonchev–Trinajstić information content (AvgIpc) is 2.76. The number of hydrogen-bond acceptors (Lipinski definition) is 3. The van der Waals surface area contributed by atoms with Crippen molar-refractivity contribution in [1.82, 2.24) is 0 Å². The fourth-order valence-electron chi connectivity index (χ4n) is 2.33. The Kier molecular flexibility index (Phi) is 4.59. The summed E-state index contributed by atoms with van der Waals surface area (Å²) in [5.74, 6) is 0. The second kappa shape index (κ2) is 5.99. The minimum absolute atomic E-state index is 0.391. The Morgan fingerprint density at radius 1 is 1.50 bits per heavy atom. The van der Waals surface area contributed by atoms with Crippen molar-refractivity contribution in [3.63, 3.8) is 0 Å². The molecule has 0 radical (unpaired) electrons. The molecule has 3 N–H and O–H groups in total. The molecule has 0 aromatic heterocycles. The number of rotatable bonds is 4. The van der Waals surface area contributed by atoms with Crippen LogP contribution in [0.4, 0.5) is 5.69 Å². The van der Waals surface area contributed by atoms with Gasteiger partial charge in [0.15, 0.2) is 0 Å². The number of benzene rings is 1. The Hall–Kier alpha value is -0.650. The highest BCUT2D eigenvalue weighted by Gasteiger charge is 2.24. The molecule has 1 aromatic carbocycles. The number of anilines is 1. The molecule has 1 aliphatic rings. The van der Waals surface area contributed by atoms with Crippen molar-refractivity contribution in [1.29, 1.82) is 0 Å². The van der Waals surface area contributed by atoms with E-state index in [2.05, 4.69) is 21.2 Å².